The first-order chi connectivity index (χ1) is 13.5. The van der Waals surface area contributed by atoms with E-state index in [1.54, 1.807) is 6.21 Å². The van der Waals surface area contributed by atoms with Crippen LogP contribution in [0.25, 0.3) is 10.9 Å². The fourth-order valence-electron chi connectivity index (χ4n) is 5.54. The van der Waals surface area contributed by atoms with Crippen LogP contribution in [-0.2, 0) is 0 Å². The van der Waals surface area contributed by atoms with E-state index in [0.717, 1.165) is 17.5 Å². The summed E-state index contributed by atoms with van der Waals surface area (Å²) < 4.78 is 2.42. The summed E-state index contributed by atoms with van der Waals surface area (Å²) in [5.41, 5.74) is 2.71. The molecule has 28 heavy (non-hydrogen) atoms. The van der Waals surface area contributed by atoms with Gasteiger partial charge in [0.15, 0.2) is 0 Å². The molecule has 1 aromatic heterocycles. The van der Waals surface area contributed by atoms with Gasteiger partial charge in [0.25, 0.3) is 0 Å². The largest absolute Gasteiger partial charge is 0.411 e. The molecule has 0 spiro atoms. The molecule has 0 unspecified atom stereocenters. The molecule has 0 atom stereocenters. The van der Waals surface area contributed by atoms with Gasteiger partial charge in [-0.15, -0.1) is 0 Å². The predicted octanol–water partition coefficient (Wildman–Crippen LogP) is 5.69. The van der Waals surface area contributed by atoms with Crippen molar-refractivity contribution in [2.45, 2.75) is 71.4 Å². The first kappa shape index (κ1) is 19.5. The van der Waals surface area contributed by atoms with Gasteiger partial charge in [0.2, 0.25) is 0 Å². The lowest BCUT2D eigenvalue weighted by Crippen LogP contribution is -2.44. The van der Waals surface area contributed by atoms with E-state index in [9.17, 15) is 0 Å². The van der Waals surface area contributed by atoms with Gasteiger partial charge in [0.1, 0.15) is 0 Å². The van der Waals surface area contributed by atoms with E-state index in [1.807, 2.05) is 0 Å². The average Bonchev–Trinajstić information content (AvgIpc) is 3.07. The zero-order valence-electron chi connectivity index (χ0n) is 17.6. The van der Waals surface area contributed by atoms with Gasteiger partial charge < -0.3 is 14.7 Å². The topological polar surface area (TPSA) is 40.8 Å². The summed E-state index contributed by atoms with van der Waals surface area (Å²) in [4.78, 5) is 2.76. The summed E-state index contributed by atoms with van der Waals surface area (Å²) in [6.45, 7) is 9.61. The maximum absolute atomic E-state index is 9.00. The van der Waals surface area contributed by atoms with E-state index in [-0.39, 0.29) is 0 Å². The smallest absolute Gasteiger partial charge is 0.0755 e. The molecule has 152 valence electrons. The van der Waals surface area contributed by atoms with Crippen molar-refractivity contribution >= 4 is 17.1 Å². The van der Waals surface area contributed by atoms with Crippen LogP contribution >= 0.6 is 0 Å². The Morgan fingerprint density at radius 3 is 2.29 bits per heavy atom. The van der Waals surface area contributed by atoms with Crippen LogP contribution in [0.4, 0.5) is 0 Å². The van der Waals surface area contributed by atoms with Crippen LogP contribution < -0.4 is 0 Å². The second kappa shape index (κ2) is 7.90. The Balaban J connectivity index is 1.41. The van der Waals surface area contributed by atoms with Crippen molar-refractivity contribution in [3.05, 3.63) is 36.0 Å². The van der Waals surface area contributed by atoms with Gasteiger partial charge in [0, 0.05) is 47.8 Å². The number of rotatable bonds is 3. The fourth-order valence-corrected chi connectivity index (χ4v) is 5.54. The third-order valence-electron chi connectivity index (χ3n) is 7.30. The van der Waals surface area contributed by atoms with Crippen LogP contribution in [0.1, 0.15) is 70.9 Å². The second-order valence-corrected chi connectivity index (χ2v) is 9.89. The number of piperidine rings is 1. The zero-order chi connectivity index (χ0) is 19.7. The Bertz CT molecular complexity index is 816. The summed E-state index contributed by atoms with van der Waals surface area (Å²) in [6.07, 6.45) is 11.6. The molecular weight excluding hydrogens is 346 g/mol. The molecule has 4 nitrogen and oxygen atoms in total. The second-order valence-electron chi connectivity index (χ2n) is 9.89. The highest BCUT2D eigenvalue weighted by molar-refractivity contribution is 5.99. The summed E-state index contributed by atoms with van der Waals surface area (Å²) in [5, 5.41) is 13.4. The quantitative estimate of drug-likeness (QED) is 0.421. The molecule has 0 amide bonds. The van der Waals surface area contributed by atoms with Crippen molar-refractivity contribution in [3.63, 3.8) is 0 Å². The molecule has 2 aromatic rings. The molecule has 1 saturated heterocycles. The van der Waals surface area contributed by atoms with Gasteiger partial charge >= 0.3 is 0 Å². The maximum Gasteiger partial charge on any atom is 0.0755 e. The molecule has 1 N–H and O–H groups in total. The van der Waals surface area contributed by atoms with Gasteiger partial charge in [-0.1, -0.05) is 44.1 Å². The fraction of sp³-hybridized carbons (Fsp3) is 0.625. The van der Waals surface area contributed by atoms with Crippen molar-refractivity contribution in [3.8, 4) is 0 Å². The first-order valence-corrected chi connectivity index (χ1v) is 11.0. The van der Waals surface area contributed by atoms with E-state index < -0.39 is 0 Å². The molecule has 1 aromatic carbocycles. The standard InChI is InChI=1S/C24H35N3O/c1-24(2,3)19-8-10-20(11-9-19)26-14-12-21(13-15-26)27-17-18(16-25-28)22-6-4-5-7-23(22)27/h4-7,16-17,19-21,28H,8-15H2,1-3H3/t19-,20+. The molecule has 1 saturated carbocycles. The Morgan fingerprint density at radius 1 is 0.964 bits per heavy atom. The highest BCUT2D eigenvalue weighted by atomic mass is 16.4. The zero-order valence-corrected chi connectivity index (χ0v) is 17.6. The SMILES string of the molecule is CC(C)(C)[C@H]1CC[C@@H](N2CCC(n3cc(C=NO)c4ccccc43)CC2)CC1. The van der Waals surface area contributed by atoms with Crippen LogP contribution in [0.15, 0.2) is 35.6 Å². The number of aromatic nitrogens is 1. The van der Waals surface area contributed by atoms with Crippen molar-refractivity contribution in [2.24, 2.45) is 16.5 Å². The molecule has 1 aliphatic heterocycles. The normalized spacial score (nSPS) is 25.7. The van der Waals surface area contributed by atoms with Crippen molar-refractivity contribution < 1.29 is 5.21 Å². The lowest BCUT2D eigenvalue weighted by atomic mass is 9.71. The van der Waals surface area contributed by atoms with Crippen molar-refractivity contribution in [1.82, 2.24) is 9.47 Å². The highest BCUT2D eigenvalue weighted by Gasteiger charge is 2.33. The Morgan fingerprint density at radius 2 is 1.64 bits per heavy atom. The molecule has 2 aliphatic rings. The third kappa shape index (κ3) is 3.84. The lowest BCUT2D eigenvalue weighted by molar-refractivity contribution is 0.0723. The maximum atomic E-state index is 9.00. The van der Waals surface area contributed by atoms with Crippen LogP contribution in [0.3, 0.4) is 0 Å². The van der Waals surface area contributed by atoms with E-state index in [1.165, 1.54) is 62.5 Å². The predicted molar refractivity (Wildman–Crippen MR) is 116 cm³/mol. The van der Waals surface area contributed by atoms with E-state index in [2.05, 4.69) is 65.9 Å². The number of benzene rings is 1. The van der Waals surface area contributed by atoms with Gasteiger partial charge in [-0.2, -0.15) is 0 Å². The third-order valence-corrected chi connectivity index (χ3v) is 7.30. The number of para-hydroxylation sites is 1. The van der Waals surface area contributed by atoms with Gasteiger partial charge in [0.05, 0.1) is 6.21 Å². The molecular formula is C24H35N3O. The molecule has 2 fully saturated rings. The Labute approximate surface area is 169 Å². The van der Waals surface area contributed by atoms with Crippen LogP contribution in [0.5, 0.6) is 0 Å². The van der Waals surface area contributed by atoms with Crippen LogP contribution in [-0.4, -0.2) is 40.0 Å². The van der Waals surface area contributed by atoms with Crippen molar-refractivity contribution in [2.75, 3.05) is 13.1 Å². The van der Waals surface area contributed by atoms with Crippen molar-refractivity contribution in [1.29, 1.82) is 0 Å². The number of hydrogen-bond donors (Lipinski definition) is 1. The van der Waals surface area contributed by atoms with Gasteiger partial charge in [-0.05, 0) is 55.9 Å². The highest BCUT2D eigenvalue weighted by Crippen LogP contribution is 2.40. The molecule has 4 heteroatoms. The molecule has 0 radical (unpaired) electrons. The number of nitrogens with zero attached hydrogens (tertiary/aromatic N) is 3. The van der Waals surface area contributed by atoms with Crippen LogP contribution in [0.2, 0.25) is 0 Å². The molecule has 1 aliphatic carbocycles. The minimum Gasteiger partial charge on any atom is -0.411 e. The number of hydrogen-bond acceptors (Lipinski definition) is 3. The first-order valence-electron chi connectivity index (χ1n) is 11.0. The Hall–Kier alpha value is -1.81. The minimum atomic E-state index is 0.461. The number of likely N-dealkylation sites (tertiary alicyclic amines) is 1. The summed E-state index contributed by atoms with van der Waals surface area (Å²) in [7, 11) is 0. The number of fused-ring (bicyclic) bond motifs is 1. The van der Waals surface area contributed by atoms with E-state index >= 15 is 0 Å². The van der Waals surface area contributed by atoms with Gasteiger partial charge in [-0.3, -0.25) is 0 Å². The summed E-state index contributed by atoms with van der Waals surface area (Å²) in [6, 6.07) is 9.78. The molecule has 4 rings (SSSR count). The monoisotopic (exact) mass is 381 g/mol. The summed E-state index contributed by atoms with van der Waals surface area (Å²) >= 11 is 0. The summed E-state index contributed by atoms with van der Waals surface area (Å²) in [5.74, 6) is 0.888. The minimum absolute atomic E-state index is 0.461. The average molecular weight is 382 g/mol. The van der Waals surface area contributed by atoms with E-state index in [4.69, 9.17) is 5.21 Å². The van der Waals surface area contributed by atoms with E-state index in [0.29, 0.717) is 11.5 Å². The molecule has 0 bridgehead atoms. The number of oxime groups is 1. The van der Waals surface area contributed by atoms with Crippen LogP contribution in [0, 0.1) is 11.3 Å². The van der Waals surface area contributed by atoms with Gasteiger partial charge in [-0.25, -0.2) is 0 Å². The molecule has 2 heterocycles. The Kier molecular flexibility index (Phi) is 5.50. The lowest BCUT2D eigenvalue weighted by Gasteiger charge is -2.43.